The zero-order chi connectivity index (χ0) is 15.3. The molecular weight excluding hydrogens is 279 g/mol. The van der Waals surface area contributed by atoms with Crippen molar-refractivity contribution in [1.82, 2.24) is 0 Å². The van der Waals surface area contributed by atoms with Gasteiger partial charge in [0.15, 0.2) is 0 Å². The number of hydrogen-bond donors (Lipinski definition) is 1. The molecule has 2 aromatic rings. The molecule has 0 aliphatic carbocycles. The Bertz CT molecular complexity index is 594. The topological polar surface area (TPSA) is 32.6 Å². The van der Waals surface area contributed by atoms with Crippen molar-refractivity contribution in [3.05, 3.63) is 71.8 Å². The van der Waals surface area contributed by atoms with Crippen molar-refractivity contribution < 1.29 is 18.3 Å². The predicted octanol–water partition coefficient (Wildman–Crippen LogP) is 3.77. The van der Waals surface area contributed by atoms with Crippen molar-refractivity contribution in [2.75, 3.05) is 6.61 Å². The van der Waals surface area contributed by atoms with Crippen LogP contribution in [0.3, 0.4) is 0 Å². The second kappa shape index (κ2) is 6.54. The van der Waals surface area contributed by atoms with Crippen LogP contribution in [0, 0.1) is 0 Å². The molecule has 1 N–H and O–H groups in total. The highest BCUT2D eigenvalue weighted by Crippen LogP contribution is 2.26. The molecule has 0 heterocycles. The third-order valence-electron chi connectivity index (χ3n) is 2.96. The van der Waals surface area contributed by atoms with Crippen LogP contribution in [0.4, 0.5) is 13.2 Å². The summed E-state index contributed by atoms with van der Waals surface area (Å²) in [6.45, 7) is -0.490. The number of aliphatic hydroxyl groups is 1. The Morgan fingerprint density at radius 1 is 0.952 bits per heavy atom. The monoisotopic (exact) mass is 293 g/mol. The van der Waals surface area contributed by atoms with Gasteiger partial charge < -0.3 is 5.11 Å². The van der Waals surface area contributed by atoms with Crippen molar-refractivity contribution in [3.63, 3.8) is 0 Å². The molecule has 0 radical (unpaired) electrons. The molecule has 2 nitrogen and oxygen atoms in total. The number of halogens is 3. The molecule has 21 heavy (non-hydrogen) atoms. The first kappa shape index (κ1) is 15.3. The molecule has 0 bridgehead atoms. The van der Waals surface area contributed by atoms with Crippen LogP contribution in [0.15, 0.2) is 65.7 Å². The summed E-state index contributed by atoms with van der Waals surface area (Å²) in [7, 11) is 0. The lowest BCUT2D eigenvalue weighted by Crippen LogP contribution is -2.25. The maximum Gasteiger partial charge on any atom is 0.433 e. The molecule has 0 aromatic heterocycles. The molecule has 1 atom stereocenters. The Morgan fingerprint density at radius 3 is 1.95 bits per heavy atom. The molecule has 2 rings (SSSR count). The summed E-state index contributed by atoms with van der Waals surface area (Å²) < 4.78 is 39.6. The fourth-order valence-corrected chi connectivity index (χ4v) is 1.96. The number of benzene rings is 2. The normalized spacial score (nSPS) is 14.0. The van der Waals surface area contributed by atoms with E-state index in [0.717, 1.165) is 0 Å². The molecule has 5 heteroatoms. The molecule has 0 aliphatic heterocycles. The average molecular weight is 293 g/mol. The lowest BCUT2D eigenvalue weighted by molar-refractivity contribution is -0.0585. The fraction of sp³-hybridized carbons (Fsp3) is 0.188. The van der Waals surface area contributed by atoms with Crippen molar-refractivity contribution in [3.8, 4) is 0 Å². The number of nitrogens with zero attached hydrogens (tertiary/aromatic N) is 1. The van der Waals surface area contributed by atoms with Crippen LogP contribution in [-0.4, -0.2) is 23.6 Å². The summed E-state index contributed by atoms with van der Waals surface area (Å²) in [4.78, 5) is 3.75. The van der Waals surface area contributed by atoms with Gasteiger partial charge in [0.1, 0.15) is 5.71 Å². The number of hydrogen-bond acceptors (Lipinski definition) is 2. The van der Waals surface area contributed by atoms with Crippen LogP contribution in [0.25, 0.3) is 0 Å². The lowest BCUT2D eigenvalue weighted by Gasteiger charge is -2.16. The standard InChI is InChI=1S/C16H14F3NO/c17-16(18,19)15(13-9-5-2-6-10-13)20-14(11-21)12-7-3-1-4-8-12/h1-10,14,21H,11H2. The van der Waals surface area contributed by atoms with E-state index in [9.17, 15) is 18.3 Å². The lowest BCUT2D eigenvalue weighted by atomic mass is 10.1. The van der Waals surface area contributed by atoms with E-state index in [2.05, 4.69) is 4.99 Å². The van der Waals surface area contributed by atoms with E-state index >= 15 is 0 Å². The average Bonchev–Trinajstić information content (AvgIpc) is 2.49. The number of alkyl halides is 3. The number of rotatable bonds is 4. The quantitative estimate of drug-likeness (QED) is 0.855. The summed E-state index contributed by atoms with van der Waals surface area (Å²) in [6, 6.07) is 14.9. The molecule has 0 amide bonds. The van der Waals surface area contributed by atoms with Gasteiger partial charge in [0.05, 0.1) is 12.6 Å². The van der Waals surface area contributed by atoms with Gasteiger partial charge in [-0.2, -0.15) is 13.2 Å². The minimum Gasteiger partial charge on any atom is -0.394 e. The van der Waals surface area contributed by atoms with E-state index in [-0.39, 0.29) is 5.56 Å². The van der Waals surface area contributed by atoms with Gasteiger partial charge in [-0.25, -0.2) is 0 Å². The fourth-order valence-electron chi connectivity index (χ4n) is 1.96. The van der Waals surface area contributed by atoms with E-state index in [1.165, 1.54) is 24.3 Å². The second-order valence-corrected chi connectivity index (χ2v) is 4.45. The summed E-state index contributed by atoms with van der Waals surface area (Å²) in [5.41, 5.74) is -0.455. The Kier molecular flexibility index (Phi) is 4.75. The summed E-state index contributed by atoms with van der Waals surface area (Å²) in [5.74, 6) is 0. The largest absolute Gasteiger partial charge is 0.433 e. The Labute approximate surface area is 120 Å². The minimum absolute atomic E-state index is 0.0145. The first-order chi connectivity index (χ1) is 10.0. The van der Waals surface area contributed by atoms with Crippen LogP contribution in [0.5, 0.6) is 0 Å². The molecule has 0 aliphatic rings. The number of aliphatic imine (C=N–C) groups is 1. The third-order valence-corrected chi connectivity index (χ3v) is 2.96. The zero-order valence-electron chi connectivity index (χ0n) is 11.1. The van der Waals surface area contributed by atoms with Gasteiger partial charge in [-0.1, -0.05) is 60.7 Å². The molecule has 0 saturated heterocycles. The maximum atomic E-state index is 13.2. The van der Waals surface area contributed by atoms with Gasteiger partial charge >= 0.3 is 6.18 Å². The predicted molar refractivity (Wildman–Crippen MR) is 75.3 cm³/mol. The van der Waals surface area contributed by atoms with Gasteiger partial charge in [0.25, 0.3) is 0 Å². The van der Waals surface area contributed by atoms with Crippen molar-refractivity contribution in [2.24, 2.45) is 4.99 Å². The van der Waals surface area contributed by atoms with Crippen molar-refractivity contribution >= 4 is 5.71 Å². The highest BCUT2D eigenvalue weighted by Gasteiger charge is 2.37. The first-order valence-electron chi connectivity index (χ1n) is 6.38. The highest BCUT2D eigenvalue weighted by atomic mass is 19.4. The van der Waals surface area contributed by atoms with Crippen molar-refractivity contribution in [2.45, 2.75) is 12.2 Å². The Morgan fingerprint density at radius 2 is 1.48 bits per heavy atom. The molecule has 110 valence electrons. The van der Waals surface area contributed by atoms with Gasteiger partial charge in [-0.05, 0) is 5.56 Å². The van der Waals surface area contributed by atoms with Gasteiger partial charge in [-0.15, -0.1) is 0 Å². The van der Waals surface area contributed by atoms with Crippen LogP contribution in [-0.2, 0) is 0 Å². The smallest absolute Gasteiger partial charge is 0.394 e. The van der Waals surface area contributed by atoms with E-state index in [1.54, 1.807) is 36.4 Å². The van der Waals surface area contributed by atoms with E-state index in [1.807, 2.05) is 0 Å². The summed E-state index contributed by atoms with van der Waals surface area (Å²) in [6.07, 6.45) is -4.58. The molecule has 0 spiro atoms. The molecule has 2 aromatic carbocycles. The molecule has 0 saturated carbocycles. The van der Waals surface area contributed by atoms with Crippen molar-refractivity contribution in [1.29, 1.82) is 0 Å². The van der Waals surface area contributed by atoms with E-state index in [0.29, 0.717) is 5.56 Å². The Balaban J connectivity index is 2.45. The SMILES string of the molecule is OCC(N=C(c1ccccc1)C(F)(F)F)c1ccccc1. The molecule has 1 unspecified atom stereocenters. The van der Waals surface area contributed by atoms with Gasteiger partial charge in [0.2, 0.25) is 0 Å². The van der Waals surface area contributed by atoms with Crippen LogP contribution < -0.4 is 0 Å². The highest BCUT2D eigenvalue weighted by molar-refractivity contribution is 6.04. The number of aliphatic hydroxyl groups excluding tert-OH is 1. The Hall–Kier alpha value is -2.14. The van der Waals surface area contributed by atoms with E-state index in [4.69, 9.17) is 0 Å². The summed E-state index contributed by atoms with van der Waals surface area (Å²) >= 11 is 0. The second-order valence-electron chi connectivity index (χ2n) is 4.45. The van der Waals surface area contributed by atoms with Crippen LogP contribution in [0.2, 0.25) is 0 Å². The van der Waals surface area contributed by atoms with Gasteiger partial charge in [-0.3, -0.25) is 4.99 Å². The minimum atomic E-state index is -4.58. The van der Waals surface area contributed by atoms with Crippen LogP contribution in [0.1, 0.15) is 17.2 Å². The van der Waals surface area contributed by atoms with E-state index < -0.39 is 24.5 Å². The molecular formula is C16H14F3NO. The first-order valence-corrected chi connectivity index (χ1v) is 6.38. The summed E-state index contributed by atoms with van der Waals surface area (Å²) in [5, 5.41) is 9.37. The molecule has 0 fully saturated rings. The third kappa shape index (κ3) is 3.92. The van der Waals surface area contributed by atoms with Gasteiger partial charge in [0, 0.05) is 5.56 Å². The zero-order valence-corrected chi connectivity index (χ0v) is 11.1. The van der Waals surface area contributed by atoms with Crippen LogP contribution >= 0.6 is 0 Å². The maximum absolute atomic E-state index is 13.2.